The first kappa shape index (κ1) is 19.6. The lowest BCUT2D eigenvalue weighted by Crippen LogP contribution is -2.27. The number of aryl methyl sites for hydroxylation is 1. The third-order valence-corrected chi connectivity index (χ3v) is 7.20. The van der Waals surface area contributed by atoms with E-state index in [2.05, 4.69) is 9.68 Å². The second-order valence-corrected chi connectivity index (χ2v) is 9.06. The maximum atomic E-state index is 12.6. The molecule has 146 valence electrons. The fourth-order valence-corrected chi connectivity index (χ4v) is 5.00. The Morgan fingerprint density at radius 2 is 2.04 bits per heavy atom. The summed E-state index contributed by atoms with van der Waals surface area (Å²) in [7, 11) is -2.30. The molecule has 11 heteroatoms. The Labute approximate surface area is 157 Å². The van der Waals surface area contributed by atoms with Crippen LogP contribution < -0.4 is 0 Å². The van der Waals surface area contributed by atoms with E-state index in [1.165, 1.54) is 23.5 Å². The van der Waals surface area contributed by atoms with E-state index >= 15 is 0 Å². The minimum absolute atomic E-state index is 0.0227. The van der Waals surface area contributed by atoms with Crippen molar-refractivity contribution >= 4 is 21.4 Å². The highest BCUT2D eigenvalue weighted by Crippen LogP contribution is 2.35. The van der Waals surface area contributed by atoms with Gasteiger partial charge >= 0.3 is 6.18 Å². The summed E-state index contributed by atoms with van der Waals surface area (Å²) in [6.45, 7) is 0.276. The van der Waals surface area contributed by atoms with E-state index in [1.807, 2.05) is 6.07 Å². The van der Waals surface area contributed by atoms with Crippen LogP contribution in [0.4, 0.5) is 13.2 Å². The van der Waals surface area contributed by atoms with Crippen LogP contribution in [0.15, 0.2) is 49.7 Å². The number of sulfonamides is 1. The molecule has 3 aromatic rings. The van der Waals surface area contributed by atoms with Crippen LogP contribution >= 0.6 is 11.3 Å². The van der Waals surface area contributed by atoms with Gasteiger partial charge in [0.1, 0.15) is 15.7 Å². The van der Waals surface area contributed by atoms with Gasteiger partial charge in [-0.1, -0.05) is 5.16 Å². The maximum absolute atomic E-state index is 12.6. The molecule has 0 atom stereocenters. The molecule has 3 rings (SSSR count). The molecule has 0 saturated carbocycles. The van der Waals surface area contributed by atoms with Crippen LogP contribution in [0.3, 0.4) is 0 Å². The van der Waals surface area contributed by atoms with E-state index < -0.39 is 22.0 Å². The first-order chi connectivity index (χ1) is 12.7. The van der Waals surface area contributed by atoms with Crippen molar-refractivity contribution in [1.29, 1.82) is 0 Å². The molecule has 27 heavy (non-hydrogen) atoms. The molecule has 0 fully saturated rings. The fraction of sp³-hybridized carbons (Fsp3) is 0.312. The van der Waals surface area contributed by atoms with E-state index in [0.717, 1.165) is 23.2 Å². The van der Waals surface area contributed by atoms with Crippen molar-refractivity contribution in [2.75, 3.05) is 13.6 Å². The molecule has 0 bridgehead atoms. The third kappa shape index (κ3) is 4.42. The van der Waals surface area contributed by atoms with Gasteiger partial charge in [-0.25, -0.2) is 12.7 Å². The molecule has 0 aromatic carbocycles. The first-order valence-electron chi connectivity index (χ1n) is 7.81. The molecule has 0 N–H and O–H groups in total. The quantitative estimate of drug-likeness (QED) is 0.571. The van der Waals surface area contributed by atoms with Gasteiger partial charge in [0.25, 0.3) is 10.0 Å². The number of aromatic nitrogens is 1. The number of nitrogens with zero attached hydrogens (tertiary/aromatic N) is 2. The van der Waals surface area contributed by atoms with Crippen LogP contribution in [-0.4, -0.2) is 31.5 Å². The number of thiophene rings is 1. The summed E-state index contributed by atoms with van der Waals surface area (Å²) in [5, 5.41) is 3.37. The number of alkyl halides is 3. The average molecular weight is 420 g/mol. The van der Waals surface area contributed by atoms with Gasteiger partial charge in [0.2, 0.25) is 5.76 Å². The molecular weight excluding hydrogens is 405 g/mol. The van der Waals surface area contributed by atoms with E-state index in [9.17, 15) is 21.6 Å². The van der Waals surface area contributed by atoms with Crippen molar-refractivity contribution in [3.63, 3.8) is 0 Å². The van der Waals surface area contributed by atoms with Gasteiger partial charge in [-0.2, -0.15) is 13.2 Å². The zero-order valence-electron chi connectivity index (χ0n) is 14.1. The predicted molar refractivity (Wildman–Crippen MR) is 91.7 cm³/mol. The molecule has 0 radical (unpaired) electrons. The van der Waals surface area contributed by atoms with Crippen molar-refractivity contribution in [2.45, 2.75) is 23.2 Å². The lowest BCUT2D eigenvalue weighted by Gasteiger charge is -2.15. The van der Waals surface area contributed by atoms with Gasteiger partial charge in [-0.05, 0) is 30.7 Å². The lowest BCUT2D eigenvalue weighted by atomic mass is 10.2. The Morgan fingerprint density at radius 1 is 1.26 bits per heavy atom. The molecule has 0 saturated heterocycles. The highest BCUT2D eigenvalue weighted by molar-refractivity contribution is 7.91. The van der Waals surface area contributed by atoms with Crippen LogP contribution in [0.5, 0.6) is 0 Å². The van der Waals surface area contributed by atoms with Crippen molar-refractivity contribution < 1.29 is 30.5 Å². The van der Waals surface area contributed by atoms with Crippen LogP contribution in [0.25, 0.3) is 10.6 Å². The van der Waals surface area contributed by atoms with Crippen molar-refractivity contribution in [2.24, 2.45) is 0 Å². The Kier molecular flexibility index (Phi) is 5.45. The minimum Gasteiger partial charge on any atom is -0.469 e. The number of furan rings is 1. The predicted octanol–water partition coefficient (Wildman–Crippen LogP) is 4.27. The van der Waals surface area contributed by atoms with Crippen LogP contribution in [-0.2, 0) is 22.6 Å². The van der Waals surface area contributed by atoms with Gasteiger partial charge in [0.05, 0.1) is 11.1 Å². The Bertz CT molecular complexity index is 991. The van der Waals surface area contributed by atoms with Crippen LogP contribution in [0.2, 0.25) is 0 Å². The molecule has 6 nitrogen and oxygen atoms in total. The first-order valence-corrected chi connectivity index (χ1v) is 10.1. The van der Waals surface area contributed by atoms with Crippen molar-refractivity contribution in [3.05, 3.63) is 48.1 Å². The van der Waals surface area contributed by atoms with E-state index in [4.69, 9.17) is 4.42 Å². The summed E-state index contributed by atoms with van der Waals surface area (Å²) >= 11 is 0.838. The standard InChI is InChI=1S/C16H15F3N2O4S2/c1-21(8-2-4-11-5-3-9-24-11)27(22,23)15-7-6-13(26-15)12-10-14(25-20-12)16(17,18)19/h3,5-7,9-10H,2,4,8H2,1H3. The molecule has 3 aromatic heterocycles. The van der Waals surface area contributed by atoms with Crippen molar-refractivity contribution in [1.82, 2.24) is 9.46 Å². The van der Waals surface area contributed by atoms with Gasteiger partial charge in [0, 0.05) is 26.1 Å². The molecular formula is C16H15F3N2O4S2. The van der Waals surface area contributed by atoms with Crippen LogP contribution in [0, 0.1) is 0 Å². The average Bonchev–Trinajstić information content (AvgIpc) is 3.33. The smallest absolute Gasteiger partial charge is 0.452 e. The fourth-order valence-electron chi connectivity index (χ4n) is 2.33. The molecule has 0 aliphatic heterocycles. The summed E-state index contributed by atoms with van der Waals surface area (Å²) in [4.78, 5) is 0.275. The largest absolute Gasteiger partial charge is 0.469 e. The minimum atomic E-state index is -4.65. The summed E-state index contributed by atoms with van der Waals surface area (Å²) < 4.78 is 73.7. The lowest BCUT2D eigenvalue weighted by molar-refractivity contribution is -0.155. The monoisotopic (exact) mass is 420 g/mol. The number of rotatable bonds is 7. The summed E-state index contributed by atoms with van der Waals surface area (Å²) in [5.74, 6) is -0.462. The van der Waals surface area contributed by atoms with Crippen molar-refractivity contribution in [3.8, 4) is 10.6 Å². The Morgan fingerprint density at radius 3 is 2.67 bits per heavy atom. The van der Waals surface area contributed by atoms with Gasteiger partial charge < -0.3 is 8.94 Å². The molecule has 0 amide bonds. The van der Waals surface area contributed by atoms with E-state index in [1.54, 1.807) is 12.3 Å². The normalized spacial score (nSPS) is 12.8. The second-order valence-electron chi connectivity index (χ2n) is 5.70. The molecule has 0 aliphatic rings. The van der Waals surface area contributed by atoms with Gasteiger partial charge in [-0.15, -0.1) is 11.3 Å². The molecule has 0 unspecified atom stereocenters. The zero-order chi connectivity index (χ0) is 19.7. The number of hydrogen-bond donors (Lipinski definition) is 0. The number of halogens is 3. The Hall–Kier alpha value is -2.11. The van der Waals surface area contributed by atoms with Crippen LogP contribution in [0.1, 0.15) is 17.9 Å². The Balaban J connectivity index is 1.69. The number of hydrogen-bond acceptors (Lipinski definition) is 6. The summed E-state index contributed by atoms with van der Waals surface area (Å²) in [6, 6.07) is 7.08. The van der Waals surface area contributed by atoms with Gasteiger partial charge in [0.15, 0.2) is 0 Å². The van der Waals surface area contributed by atoms with Gasteiger partial charge in [-0.3, -0.25) is 0 Å². The topological polar surface area (TPSA) is 76.6 Å². The molecule has 0 aliphatic carbocycles. The second kappa shape index (κ2) is 7.49. The zero-order valence-corrected chi connectivity index (χ0v) is 15.7. The summed E-state index contributed by atoms with van der Waals surface area (Å²) in [5.41, 5.74) is -0.0609. The maximum Gasteiger partial charge on any atom is 0.452 e. The molecule has 0 spiro atoms. The summed E-state index contributed by atoms with van der Waals surface area (Å²) in [6.07, 6.45) is -1.93. The van der Waals surface area contributed by atoms with E-state index in [-0.39, 0.29) is 21.3 Å². The highest BCUT2D eigenvalue weighted by atomic mass is 32.2. The van der Waals surface area contributed by atoms with E-state index in [0.29, 0.717) is 12.8 Å². The molecule has 3 heterocycles. The third-order valence-electron chi connectivity index (χ3n) is 3.76. The highest BCUT2D eigenvalue weighted by Gasteiger charge is 2.36. The SMILES string of the molecule is CN(CCCc1ccco1)S(=O)(=O)c1ccc(-c2cc(C(F)(F)F)on2)s1.